The van der Waals surface area contributed by atoms with Gasteiger partial charge in [-0.05, 0) is 38.4 Å². The van der Waals surface area contributed by atoms with Crippen molar-refractivity contribution in [3.8, 4) is 6.07 Å². The summed E-state index contributed by atoms with van der Waals surface area (Å²) in [7, 11) is 1.87. The Morgan fingerprint density at radius 2 is 1.67 bits per heavy atom. The Kier molecular flexibility index (Phi) is 4.84. The van der Waals surface area contributed by atoms with Gasteiger partial charge in [0, 0.05) is 20.1 Å². The zero-order valence-electron chi connectivity index (χ0n) is 10.8. The first kappa shape index (κ1) is 14.6. The molecule has 0 aliphatic rings. The smallest absolute Gasteiger partial charge is 0.242 e. The summed E-state index contributed by atoms with van der Waals surface area (Å²) in [5.41, 5.74) is 0.449. The monoisotopic (exact) mass is 267 g/mol. The van der Waals surface area contributed by atoms with Crippen LogP contribution in [0.1, 0.15) is 5.56 Å². The average Bonchev–Trinajstić information content (AvgIpc) is 2.35. The highest BCUT2D eigenvalue weighted by atomic mass is 32.2. The van der Waals surface area contributed by atoms with E-state index < -0.39 is 10.0 Å². The van der Waals surface area contributed by atoms with Crippen LogP contribution in [0.15, 0.2) is 29.2 Å². The number of nitrogens with zero attached hydrogens (tertiary/aromatic N) is 3. The van der Waals surface area contributed by atoms with E-state index in [1.54, 1.807) is 7.05 Å². The third-order valence-corrected chi connectivity index (χ3v) is 4.42. The van der Waals surface area contributed by atoms with Crippen LogP contribution in [0.2, 0.25) is 0 Å². The van der Waals surface area contributed by atoms with Crippen molar-refractivity contribution in [3.05, 3.63) is 29.8 Å². The molecule has 0 fully saturated rings. The minimum absolute atomic E-state index is 0.211. The van der Waals surface area contributed by atoms with Crippen LogP contribution >= 0.6 is 0 Å². The second kappa shape index (κ2) is 5.96. The molecule has 0 spiro atoms. The third kappa shape index (κ3) is 3.53. The first-order valence-corrected chi connectivity index (χ1v) is 6.93. The summed E-state index contributed by atoms with van der Waals surface area (Å²) in [5, 5.41) is 8.67. The van der Waals surface area contributed by atoms with E-state index in [0.717, 1.165) is 0 Å². The minimum atomic E-state index is -3.46. The van der Waals surface area contributed by atoms with Crippen molar-refractivity contribution < 1.29 is 8.42 Å². The maximum atomic E-state index is 12.2. The van der Waals surface area contributed by atoms with Crippen LogP contribution < -0.4 is 0 Å². The number of benzene rings is 1. The van der Waals surface area contributed by atoms with Crippen molar-refractivity contribution in [2.24, 2.45) is 0 Å². The van der Waals surface area contributed by atoms with E-state index in [2.05, 4.69) is 0 Å². The molecule has 0 saturated carbocycles. The lowest BCUT2D eigenvalue weighted by atomic mass is 10.2. The lowest BCUT2D eigenvalue weighted by Crippen LogP contribution is -2.33. The largest absolute Gasteiger partial charge is 0.308 e. The van der Waals surface area contributed by atoms with Crippen LogP contribution in [0.4, 0.5) is 0 Å². The SMILES string of the molecule is CN(C)CCN(C)S(=O)(=O)c1ccc(C#N)cc1. The van der Waals surface area contributed by atoms with E-state index in [0.29, 0.717) is 18.7 Å². The van der Waals surface area contributed by atoms with Gasteiger partial charge in [-0.15, -0.1) is 0 Å². The summed E-state index contributed by atoms with van der Waals surface area (Å²) in [6.07, 6.45) is 0. The van der Waals surface area contributed by atoms with Crippen LogP contribution in [0.25, 0.3) is 0 Å². The van der Waals surface area contributed by atoms with Crippen molar-refractivity contribution in [1.82, 2.24) is 9.21 Å². The van der Waals surface area contributed by atoms with Gasteiger partial charge in [0.2, 0.25) is 10.0 Å². The molecule has 0 aliphatic carbocycles. The van der Waals surface area contributed by atoms with Crippen LogP contribution in [-0.4, -0.2) is 51.9 Å². The lowest BCUT2D eigenvalue weighted by molar-refractivity contribution is 0.358. The molecule has 0 radical (unpaired) electrons. The highest BCUT2D eigenvalue weighted by molar-refractivity contribution is 7.89. The van der Waals surface area contributed by atoms with Gasteiger partial charge in [-0.2, -0.15) is 9.57 Å². The molecule has 0 aromatic heterocycles. The zero-order valence-corrected chi connectivity index (χ0v) is 11.6. The van der Waals surface area contributed by atoms with E-state index in [-0.39, 0.29) is 4.90 Å². The molecule has 1 rings (SSSR count). The Morgan fingerprint density at radius 3 is 2.11 bits per heavy atom. The van der Waals surface area contributed by atoms with Gasteiger partial charge in [0.15, 0.2) is 0 Å². The van der Waals surface area contributed by atoms with E-state index in [1.165, 1.54) is 28.6 Å². The summed E-state index contributed by atoms with van der Waals surface area (Å²) in [5.74, 6) is 0. The fourth-order valence-corrected chi connectivity index (χ4v) is 2.50. The van der Waals surface area contributed by atoms with Gasteiger partial charge in [0.05, 0.1) is 16.5 Å². The molecule has 0 N–H and O–H groups in total. The van der Waals surface area contributed by atoms with E-state index >= 15 is 0 Å². The fraction of sp³-hybridized carbons (Fsp3) is 0.417. The topological polar surface area (TPSA) is 64.4 Å². The van der Waals surface area contributed by atoms with Gasteiger partial charge >= 0.3 is 0 Å². The molecular weight excluding hydrogens is 250 g/mol. The van der Waals surface area contributed by atoms with Gasteiger partial charge in [0.25, 0.3) is 0 Å². The lowest BCUT2D eigenvalue weighted by Gasteiger charge is -2.19. The summed E-state index contributed by atoms with van der Waals surface area (Å²) < 4.78 is 25.7. The fourth-order valence-electron chi connectivity index (χ4n) is 1.34. The Morgan fingerprint density at radius 1 is 1.11 bits per heavy atom. The van der Waals surface area contributed by atoms with Crippen LogP contribution in [-0.2, 0) is 10.0 Å². The standard InChI is InChI=1S/C12H17N3O2S/c1-14(2)8-9-15(3)18(16,17)12-6-4-11(10-13)5-7-12/h4-7H,8-9H2,1-3H3. The average molecular weight is 267 g/mol. The number of sulfonamides is 1. The second-order valence-corrected chi connectivity index (χ2v) is 6.31. The molecule has 98 valence electrons. The van der Waals surface area contributed by atoms with Crippen LogP contribution in [0.5, 0.6) is 0 Å². The number of rotatable bonds is 5. The Hall–Kier alpha value is -1.42. The molecule has 0 amide bonds. The second-order valence-electron chi connectivity index (χ2n) is 4.27. The molecular formula is C12H17N3O2S. The predicted octanol–water partition coefficient (Wildman–Crippen LogP) is 0.740. The molecule has 18 heavy (non-hydrogen) atoms. The highest BCUT2D eigenvalue weighted by Gasteiger charge is 2.20. The van der Waals surface area contributed by atoms with Gasteiger partial charge < -0.3 is 4.90 Å². The molecule has 0 saturated heterocycles. The number of hydrogen-bond donors (Lipinski definition) is 0. The number of likely N-dealkylation sites (N-methyl/N-ethyl adjacent to an activating group) is 2. The number of hydrogen-bond acceptors (Lipinski definition) is 4. The predicted molar refractivity (Wildman–Crippen MR) is 69.5 cm³/mol. The van der Waals surface area contributed by atoms with Crippen molar-refractivity contribution in [2.45, 2.75) is 4.90 Å². The maximum Gasteiger partial charge on any atom is 0.242 e. The first-order valence-electron chi connectivity index (χ1n) is 5.49. The molecule has 0 atom stereocenters. The number of nitriles is 1. The molecule has 5 nitrogen and oxygen atoms in total. The van der Waals surface area contributed by atoms with Gasteiger partial charge in [-0.1, -0.05) is 0 Å². The zero-order chi connectivity index (χ0) is 13.8. The summed E-state index contributed by atoms with van der Waals surface area (Å²) in [6, 6.07) is 7.89. The Bertz CT molecular complexity index is 529. The Labute approximate surface area is 108 Å². The van der Waals surface area contributed by atoms with Crippen LogP contribution in [0.3, 0.4) is 0 Å². The highest BCUT2D eigenvalue weighted by Crippen LogP contribution is 2.14. The molecule has 0 aliphatic heterocycles. The first-order chi connectivity index (χ1) is 8.37. The van der Waals surface area contributed by atoms with Crippen molar-refractivity contribution in [2.75, 3.05) is 34.2 Å². The van der Waals surface area contributed by atoms with Crippen LogP contribution in [0, 0.1) is 11.3 Å². The van der Waals surface area contributed by atoms with Gasteiger partial charge in [0.1, 0.15) is 0 Å². The molecule has 1 aromatic carbocycles. The van der Waals surface area contributed by atoms with Crippen molar-refractivity contribution in [1.29, 1.82) is 5.26 Å². The molecule has 6 heteroatoms. The molecule has 0 heterocycles. The van der Waals surface area contributed by atoms with Crippen molar-refractivity contribution >= 4 is 10.0 Å². The van der Waals surface area contributed by atoms with Crippen molar-refractivity contribution in [3.63, 3.8) is 0 Å². The van der Waals surface area contributed by atoms with E-state index in [9.17, 15) is 8.42 Å². The molecule has 1 aromatic rings. The third-order valence-electron chi connectivity index (χ3n) is 2.55. The quantitative estimate of drug-likeness (QED) is 0.789. The van der Waals surface area contributed by atoms with E-state index in [1.807, 2.05) is 25.1 Å². The maximum absolute atomic E-state index is 12.2. The summed E-state index contributed by atoms with van der Waals surface area (Å²) in [6.45, 7) is 1.08. The summed E-state index contributed by atoms with van der Waals surface area (Å²) >= 11 is 0. The molecule has 0 unspecified atom stereocenters. The summed E-state index contributed by atoms with van der Waals surface area (Å²) in [4.78, 5) is 2.13. The van der Waals surface area contributed by atoms with E-state index in [4.69, 9.17) is 5.26 Å². The van der Waals surface area contributed by atoms with Gasteiger partial charge in [-0.3, -0.25) is 0 Å². The minimum Gasteiger partial charge on any atom is -0.308 e. The molecule has 0 bridgehead atoms. The van der Waals surface area contributed by atoms with Gasteiger partial charge in [-0.25, -0.2) is 8.42 Å². The normalized spacial score (nSPS) is 11.8. The Balaban J connectivity index is 2.88.